The van der Waals surface area contributed by atoms with Crippen LogP contribution in [0.4, 0.5) is 4.39 Å². The second kappa shape index (κ2) is 23.0. The maximum Gasteiger partial charge on any atom is 0.326 e. The van der Waals surface area contributed by atoms with Crippen LogP contribution in [0.2, 0.25) is 0 Å². The number of aliphatic carboxylic acids is 1. The SMILES string of the molecule is CC[C@H](C)[C@H](CCC(C)C(=O)[C@@H](NC(=O)[C@@H](NC)C(C)C)C(C)C)C(CC(=O)N1C[C@@H](F)C[C@H]1[C@H](OC)[C@@H](C)C(=O)N[C@@H](Cc1ccccc1)C(=O)O)OC. The number of Topliss-reactive ketones (excluding diaryl/α,β-unsaturated/α-hetero) is 1. The maximum atomic E-state index is 15.1. The molecule has 0 spiro atoms. The molecule has 55 heavy (non-hydrogen) atoms. The number of ether oxygens (including phenoxy) is 2. The van der Waals surface area contributed by atoms with Crippen LogP contribution in [0, 0.1) is 35.5 Å². The van der Waals surface area contributed by atoms with Gasteiger partial charge in [0, 0.05) is 33.0 Å². The van der Waals surface area contributed by atoms with Crippen LogP contribution in [-0.2, 0) is 39.9 Å². The van der Waals surface area contributed by atoms with E-state index in [1.54, 1.807) is 45.3 Å². The number of nitrogens with one attached hydrogen (secondary N) is 3. The molecule has 0 aliphatic carbocycles. The summed E-state index contributed by atoms with van der Waals surface area (Å²) in [5.74, 6) is -3.61. The van der Waals surface area contributed by atoms with Gasteiger partial charge < -0.3 is 35.4 Å². The average molecular weight is 777 g/mol. The minimum Gasteiger partial charge on any atom is -0.480 e. The number of amides is 3. The molecule has 1 aliphatic rings. The number of hydrogen-bond donors (Lipinski definition) is 4. The molecule has 1 aromatic rings. The van der Waals surface area contributed by atoms with Crippen molar-refractivity contribution in [3.05, 3.63) is 35.9 Å². The molecule has 0 bridgehead atoms. The topological polar surface area (TPSA) is 163 Å². The molecule has 0 radical (unpaired) electrons. The zero-order valence-electron chi connectivity index (χ0n) is 35.0. The maximum absolute atomic E-state index is 15.1. The molecule has 4 N–H and O–H groups in total. The molecule has 1 aromatic carbocycles. The number of ketones is 1. The molecule has 1 saturated heterocycles. The number of rotatable bonds is 24. The summed E-state index contributed by atoms with van der Waals surface area (Å²) in [4.78, 5) is 67.8. The molecule has 2 unspecified atom stereocenters. The summed E-state index contributed by atoms with van der Waals surface area (Å²) in [7, 11) is 4.68. The van der Waals surface area contributed by atoms with Crippen molar-refractivity contribution in [2.24, 2.45) is 35.5 Å². The Morgan fingerprint density at radius 2 is 1.51 bits per heavy atom. The molecule has 312 valence electrons. The van der Waals surface area contributed by atoms with E-state index in [1.807, 2.05) is 40.7 Å². The lowest BCUT2D eigenvalue weighted by molar-refractivity contribution is -0.145. The van der Waals surface area contributed by atoms with Crippen LogP contribution in [0.1, 0.15) is 93.1 Å². The van der Waals surface area contributed by atoms with Gasteiger partial charge in [-0.25, -0.2) is 9.18 Å². The number of nitrogens with zero attached hydrogens (tertiary/aromatic N) is 1. The summed E-state index contributed by atoms with van der Waals surface area (Å²) in [6, 6.07) is 5.96. The van der Waals surface area contributed by atoms with Crippen molar-refractivity contribution < 1.29 is 42.9 Å². The molecule has 2 rings (SSSR count). The van der Waals surface area contributed by atoms with Gasteiger partial charge in [-0.2, -0.15) is 0 Å². The molecular weight excluding hydrogens is 707 g/mol. The van der Waals surface area contributed by atoms with E-state index in [4.69, 9.17) is 9.47 Å². The fraction of sp³-hybridized carbons (Fsp3) is 0.738. The Kier molecular flexibility index (Phi) is 19.9. The van der Waals surface area contributed by atoms with Crippen molar-refractivity contribution in [2.45, 2.75) is 136 Å². The first-order chi connectivity index (χ1) is 25.9. The molecule has 0 aromatic heterocycles. The van der Waals surface area contributed by atoms with E-state index >= 15 is 4.39 Å². The number of alkyl halides is 1. The monoisotopic (exact) mass is 777 g/mol. The lowest BCUT2D eigenvalue weighted by Gasteiger charge is -2.36. The highest BCUT2D eigenvalue weighted by Gasteiger charge is 2.45. The molecule has 1 heterocycles. The van der Waals surface area contributed by atoms with Crippen LogP contribution in [0.5, 0.6) is 0 Å². The Hall–Kier alpha value is -3.42. The third-order valence-corrected chi connectivity index (χ3v) is 11.5. The fourth-order valence-electron chi connectivity index (χ4n) is 7.91. The van der Waals surface area contributed by atoms with Crippen LogP contribution in [0.25, 0.3) is 0 Å². The number of carboxylic acid groups (broad SMARTS) is 1. The lowest BCUT2D eigenvalue weighted by atomic mass is 9.79. The number of carboxylic acids is 1. The molecule has 13 heteroatoms. The molecule has 0 saturated carbocycles. The molecular formula is C42H69FN4O8. The predicted octanol–water partition coefficient (Wildman–Crippen LogP) is 4.83. The van der Waals surface area contributed by atoms with Crippen molar-refractivity contribution in [3.63, 3.8) is 0 Å². The number of carbonyl (C=O) groups excluding carboxylic acids is 4. The van der Waals surface area contributed by atoms with Crippen LogP contribution in [-0.4, -0.2) is 110 Å². The lowest BCUT2D eigenvalue weighted by Crippen LogP contribution is -2.54. The van der Waals surface area contributed by atoms with Gasteiger partial charge in [-0.3, -0.25) is 19.2 Å². The Morgan fingerprint density at radius 3 is 2.02 bits per heavy atom. The summed E-state index contributed by atoms with van der Waals surface area (Å²) < 4.78 is 26.9. The minimum absolute atomic E-state index is 0.0277. The number of halogens is 1. The van der Waals surface area contributed by atoms with Gasteiger partial charge in [0.25, 0.3) is 0 Å². The van der Waals surface area contributed by atoms with Crippen molar-refractivity contribution in [1.29, 1.82) is 0 Å². The van der Waals surface area contributed by atoms with E-state index in [1.165, 1.54) is 12.0 Å². The third-order valence-electron chi connectivity index (χ3n) is 11.5. The number of hydrogen-bond acceptors (Lipinski definition) is 8. The quantitative estimate of drug-likeness (QED) is 0.115. The number of benzene rings is 1. The van der Waals surface area contributed by atoms with E-state index in [0.717, 1.165) is 12.0 Å². The first-order valence-corrected chi connectivity index (χ1v) is 20.0. The molecule has 1 fully saturated rings. The van der Waals surface area contributed by atoms with E-state index in [2.05, 4.69) is 29.8 Å². The van der Waals surface area contributed by atoms with E-state index in [0.29, 0.717) is 12.8 Å². The van der Waals surface area contributed by atoms with Crippen molar-refractivity contribution in [3.8, 4) is 0 Å². The molecule has 12 nitrogen and oxygen atoms in total. The zero-order chi connectivity index (χ0) is 41.6. The second-order valence-corrected chi connectivity index (χ2v) is 16.2. The van der Waals surface area contributed by atoms with Gasteiger partial charge in [-0.15, -0.1) is 0 Å². The van der Waals surface area contributed by atoms with Crippen LogP contribution >= 0.6 is 0 Å². The molecule has 11 atom stereocenters. The molecule has 3 amide bonds. The summed E-state index contributed by atoms with van der Waals surface area (Å²) >= 11 is 0. The van der Waals surface area contributed by atoms with E-state index in [-0.39, 0.29) is 73.0 Å². The van der Waals surface area contributed by atoms with Crippen molar-refractivity contribution >= 4 is 29.5 Å². The smallest absolute Gasteiger partial charge is 0.326 e. The number of methoxy groups -OCH3 is 2. The van der Waals surface area contributed by atoms with Gasteiger partial charge in [0.2, 0.25) is 17.7 Å². The summed E-state index contributed by atoms with van der Waals surface area (Å²) in [5.41, 5.74) is 0.747. The number of likely N-dealkylation sites (N-methyl/N-ethyl adjacent to an activating group) is 1. The van der Waals surface area contributed by atoms with Crippen molar-refractivity contribution in [1.82, 2.24) is 20.9 Å². The Bertz CT molecular complexity index is 1380. The summed E-state index contributed by atoms with van der Waals surface area (Å²) in [5, 5.41) is 18.5. The minimum atomic E-state index is -1.33. The second-order valence-electron chi connectivity index (χ2n) is 16.2. The van der Waals surface area contributed by atoms with E-state index in [9.17, 15) is 29.1 Å². The summed E-state index contributed by atoms with van der Waals surface area (Å²) in [6.07, 6.45) is -0.792. The largest absolute Gasteiger partial charge is 0.480 e. The van der Waals surface area contributed by atoms with Gasteiger partial charge in [0.1, 0.15) is 12.2 Å². The Balaban J connectivity index is 2.20. The van der Waals surface area contributed by atoms with Gasteiger partial charge in [0.05, 0.1) is 49.2 Å². The number of carbonyl (C=O) groups is 5. The van der Waals surface area contributed by atoms with Crippen LogP contribution < -0.4 is 16.0 Å². The Labute approximate surface area is 328 Å². The first kappa shape index (κ1) is 47.7. The van der Waals surface area contributed by atoms with Gasteiger partial charge in [-0.05, 0) is 49.1 Å². The van der Waals surface area contributed by atoms with E-state index < -0.39 is 60.3 Å². The zero-order valence-corrected chi connectivity index (χ0v) is 35.0. The standard InChI is InChI=1S/C42H69FN4O8/c1-12-26(6)31(19-18-27(7)38(49)36(24(2)3)46-41(51)37(44-9)25(4)5)34(54-10)22-35(48)47-23-30(43)21-33(47)39(55-11)28(8)40(50)45-32(42(52)53)20-29-16-14-13-15-17-29/h13-17,24-28,30-34,36-37,39,44H,12,18-23H2,1-11H3,(H,45,50)(H,46,51)(H,52,53)/t26-,27?,28+,30-,31-,32-,33-,34?,36-,37-,39+/m0/s1. The number of likely N-dealkylation sites (tertiary alicyclic amines) is 1. The van der Waals surface area contributed by atoms with Gasteiger partial charge in [0.15, 0.2) is 5.78 Å². The van der Waals surface area contributed by atoms with Crippen LogP contribution in [0.15, 0.2) is 30.3 Å². The normalized spacial score (nSPS) is 20.9. The fourth-order valence-corrected chi connectivity index (χ4v) is 7.91. The van der Waals surface area contributed by atoms with Crippen LogP contribution in [0.3, 0.4) is 0 Å². The molecule has 1 aliphatic heterocycles. The average Bonchev–Trinajstić information content (AvgIpc) is 3.53. The first-order valence-electron chi connectivity index (χ1n) is 20.0. The predicted molar refractivity (Wildman–Crippen MR) is 211 cm³/mol. The summed E-state index contributed by atoms with van der Waals surface area (Å²) in [6.45, 7) is 15.2. The highest BCUT2D eigenvalue weighted by atomic mass is 19.1. The van der Waals surface area contributed by atoms with Gasteiger partial charge >= 0.3 is 5.97 Å². The Morgan fingerprint density at radius 1 is 0.891 bits per heavy atom. The highest BCUT2D eigenvalue weighted by Crippen LogP contribution is 2.33. The highest BCUT2D eigenvalue weighted by molar-refractivity contribution is 5.92. The van der Waals surface area contributed by atoms with Crippen molar-refractivity contribution in [2.75, 3.05) is 27.8 Å². The van der Waals surface area contributed by atoms with Gasteiger partial charge in [-0.1, -0.05) is 92.1 Å². The third kappa shape index (κ3) is 13.6.